The summed E-state index contributed by atoms with van der Waals surface area (Å²) in [5, 5.41) is 3.88. The van der Waals surface area contributed by atoms with Crippen LogP contribution >= 0.6 is 0 Å². The van der Waals surface area contributed by atoms with Gasteiger partial charge in [0.2, 0.25) is 0 Å². The highest BCUT2D eigenvalue weighted by Gasteiger charge is 2.01. The van der Waals surface area contributed by atoms with E-state index in [1.807, 2.05) is 0 Å². The summed E-state index contributed by atoms with van der Waals surface area (Å²) in [5.74, 6) is -0.293. The number of halogens is 1. The van der Waals surface area contributed by atoms with E-state index in [0.29, 0.717) is 11.0 Å². The fourth-order valence-corrected chi connectivity index (χ4v) is 0.858. The van der Waals surface area contributed by atoms with E-state index >= 15 is 0 Å². The summed E-state index contributed by atoms with van der Waals surface area (Å²) >= 11 is 0. The maximum Gasteiger partial charge on any atom is 0.169 e. The van der Waals surface area contributed by atoms with Crippen molar-refractivity contribution in [1.82, 2.24) is 5.16 Å². The smallest absolute Gasteiger partial charge is 0.169 e. The molecule has 1 aromatic carbocycles. The molecule has 50 valence electrons. The molecule has 1 aromatic heterocycles. The van der Waals surface area contributed by atoms with Gasteiger partial charge in [0, 0.05) is 0 Å². The van der Waals surface area contributed by atoms with Gasteiger partial charge in [0.15, 0.2) is 5.58 Å². The van der Waals surface area contributed by atoms with Crippen LogP contribution in [0.15, 0.2) is 28.9 Å². The van der Waals surface area contributed by atoms with Crippen LogP contribution in [0.2, 0.25) is 0 Å². The third-order valence-electron chi connectivity index (χ3n) is 1.35. The second kappa shape index (κ2) is 1.80. The van der Waals surface area contributed by atoms with Crippen molar-refractivity contribution in [2.24, 2.45) is 0 Å². The van der Waals surface area contributed by atoms with Crippen LogP contribution in [0.25, 0.3) is 11.0 Å². The van der Waals surface area contributed by atoms with Crippen molar-refractivity contribution in [2.75, 3.05) is 0 Å². The first-order chi connectivity index (χ1) is 4.88. The topological polar surface area (TPSA) is 26.0 Å². The molecule has 2 nitrogen and oxygen atoms in total. The maximum absolute atomic E-state index is 12.7. The van der Waals surface area contributed by atoms with E-state index in [2.05, 4.69) is 5.16 Å². The lowest BCUT2D eigenvalue weighted by Crippen LogP contribution is -1.70. The molecule has 0 saturated heterocycles. The second-order valence-electron chi connectivity index (χ2n) is 1.98. The Morgan fingerprint density at radius 2 is 2.30 bits per heavy atom. The number of aromatic nitrogens is 1. The van der Waals surface area contributed by atoms with E-state index in [-0.39, 0.29) is 5.82 Å². The van der Waals surface area contributed by atoms with Crippen LogP contribution in [0, 0.1) is 5.82 Å². The molecule has 0 amide bonds. The fraction of sp³-hybridized carbons (Fsp3) is 0. The Kier molecular flexibility index (Phi) is 0.974. The summed E-state index contributed by atoms with van der Waals surface area (Å²) in [6, 6.07) is 4.63. The number of rotatable bonds is 0. The largest absolute Gasteiger partial charge is 0.356 e. The Balaban J connectivity index is 2.95. The summed E-state index contributed by atoms with van der Waals surface area (Å²) < 4.78 is 17.4. The monoisotopic (exact) mass is 137 g/mol. The highest BCUT2D eigenvalue weighted by atomic mass is 19.1. The highest BCUT2D eigenvalue weighted by molar-refractivity contribution is 5.76. The van der Waals surface area contributed by atoms with Gasteiger partial charge in [0.1, 0.15) is 5.82 Å². The third kappa shape index (κ3) is 0.603. The van der Waals surface area contributed by atoms with Crippen molar-refractivity contribution in [3.05, 3.63) is 30.2 Å². The van der Waals surface area contributed by atoms with Gasteiger partial charge in [0.05, 0.1) is 11.6 Å². The average Bonchev–Trinajstić information content (AvgIpc) is 2.36. The summed E-state index contributed by atoms with van der Waals surface area (Å²) in [7, 11) is 0. The van der Waals surface area contributed by atoms with Crippen LogP contribution < -0.4 is 0 Å². The average molecular weight is 137 g/mol. The molecule has 0 unspecified atom stereocenters. The summed E-state index contributed by atoms with van der Waals surface area (Å²) in [6.07, 6.45) is 1.37. The molecule has 2 aromatic rings. The predicted molar refractivity (Wildman–Crippen MR) is 34.0 cm³/mol. The minimum Gasteiger partial charge on any atom is -0.356 e. The van der Waals surface area contributed by atoms with Crippen molar-refractivity contribution in [3.63, 3.8) is 0 Å². The van der Waals surface area contributed by atoms with Gasteiger partial charge in [-0.3, -0.25) is 0 Å². The molecule has 0 radical (unpaired) electrons. The SMILES string of the molecule is Fc1cccc2oncc12. The quantitative estimate of drug-likeness (QED) is 0.554. The van der Waals surface area contributed by atoms with Gasteiger partial charge < -0.3 is 4.52 Å². The minimum atomic E-state index is -0.293. The number of hydrogen-bond acceptors (Lipinski definition) is 2. The molecule has 0 bridgehead atoms. The van der Waals surface area contributed by atoms with E-state index in [1.54, 1.807) is 12.1 Å². The zero-order chi connectivity index (χ0) is 6.97. The van der Waals surface area contributed by atoms with Crippen LogP contribution in [0.3, 0.4) is 0 Å². The lowest BCUT2D eigenvalue weighted by molar-refractivity contribution is 0.456. The van der Waals surface area contributed by atoms with Gasteiger partial charge >= 0.3 is 0 Å². The first-order valence-corrected chi connectivity index (χ1v) is 2.87. The molecule has 0 fully saturated rings. The van der Waals surface area contributed by atoms with E-state index in [4.69, 9.17) is 4.52 Å². The Morgan fingerprint density at radius 1 is 1.40 bits per heavy atom. The zero-order valence-electron chi connectivity index (χ0n) is 5.04. The van der Waals surface area contributed by atoms with Crippen LogP contribution in [-0.4, -0.2) is 5.16 Å². The standard InChI is InChI=1S/C7H4FNO/c8-6-2-1-3-7-5(6)4-9-10-7/h1-4H. The van der Waals surface area contributed by atoms with Gasteiger partial charge in [-0.1, -0.05) is 11.2 Å². The van der Waals surface area contributed by atoms with Crippen LogP contribution in [-0.2, 0) is 0 Å². The Bertz CT molecular complexity index is 355. The van der Waals surface area contributed by atoms with Crippen molar-refractivity contribution >= 4 is 11.0 Å². The molecule has 1 heterocycles. The molecule has 2 rings (SSSR count). The van der Waals surface area contributed by atoms with E-state index < -0.39 is 0 Å². The summed E-state index contributed by atoms with van der Waals surface area (Å²) in [4.78, 5) is 0. The number of fused-ring (bicyclic) bond motifs is 1. The van der Waals surface area contributed by atoms with Gasteiger partial charge in [-0.15, -0.1) is 0 Å². The number of hydrogen-bond donors (Lipinski definition) is 0. The lowest BCUT2D eigenvalue weighted by Gasteiger charge is -1.85. The number of nitrogens with zero attached hydrogens (tertiary/aromatic N) is 1. The molecule has 0 saturated carbocycles. The minimum absolute atomic E-state index is 0.293. The molecule has 0 aliphatic carbocycles. The molecule has 0 atom stereocenters. The summed E-state index contributed by atoms with van der Waals surface area (Å²) in [5.41, 5.74) is 0.486. The molecule has 0 aliphatic heterocycles. The van der Waals surface area contributed by atoms with Crippen molar-refractivity contribution in [1.29, 1.82) is 0 Å². The van der Waals surface area contributed by atoms with Crippen molar-refractivity contribution < 1.29 is 8.91 Å². The van der Waals surface area contributed by atoms with Crippen LogP contribution in [0.1, 0.15) is 0 Å². The first kappa shape index (κ1) is 5.41. The number of benzene rings is 1. The van der Waals surface area contributed by atoms with Gasteiger partial charge in [0.25, 0.3) is 0 Å². The molecule has 0 N–H and O–H groups in total. The highest BCUT2D eigenvalue weighted by Crippen LogP contribution is 2.15. The molecule has 0 aliphatic rings. The fourth-order valence-electron chi connectivity index (χ4n) is 0.858. The van der Waals surface area contributed by atoms with Crippen molar-refractivity contribution in [2.45, 2.75) is 0 Å². The lowest BCUT2D eigenvalue weighted by atomic mass is 10.3. The Morgan fingerprint density at radius 3 is 3.10 bits per heavy atom. The Hall–Kier alpha value is -1.38. The van der Waals surface area contributed by atoms with Crippen LogP contribution in [0.4, 0.5) is 4.39 Å². The zero-order valence-corrected chi connectivity index (χ0v) is 5.04. The first-order valence-electron chi connectivity index (χ1n) is 2.87. The third-order valence-corrected chi connectivity index (χ3v) is 1.35. The summed E-state index contributed by atoms with van der Waals surface area (Å²) in [6.45, 7) is 0. The maximum atomic E-state index is 12.7. The van der Waals surface area contributed by atoms with Crippen molar-refractivity contribution in [3.8, 4) is 0 Å². The van der Waals surface area contributed by atoms with Gasteiger partial charge in [-0.25, -0.2) is 4.39 Å². The van der Waals surface area contributed by atoms with E-state index in [9.17, 15) is 4.39 Å². The normalized spacial score (nSPS) is 10.5. The molecule has 10 heavy (non-hydrogen) atoms. The van der Waals surface area contributed by atoms with E-state index in [0.717, 1.165) is 0 Å². The second-order valence-corrected chi connectivity index (χ2v) is 1.98. The van der Waals surface area contributed by atoms with Crippen LogP contribution in [0.5, 0.6) is 0 Å². The van der Waals surface area contributed by atoms with E-state index in [1.165, 1.54) is 12.3 Å². The predicted octanol–water partition coefficient (Wildman–Crippen LogP) is 1.97. The molecular weight excluding hydrogens is 133 g/mol. The molecule has 0 spiro atoms. The molecular formula is C7H4FNO. The van der Waals surface area contributed by atoms with Gasteiger partial charge in [-0.2, -0.15) is 0 Å². The molecule has 3 heteroatoms. The Labute approximate surface area is 56.2 Å². The van der Waals surface area contributed by atoms with Gasteiger partial charge in [-0.05, 0) is 12.1 Å².